The van der Waals surface area contributed by atoms with Crippen LogP contribution in [0.1, 0.15) is 66.4 Å². The van der Waals surface area contributed by atoms with Crippen molar-refractivity contribution < 1.29 is 18.5 Å². The number of benzene rings is 1. The summed E-state index contributed by atoms with van der Waals surface area (Å²) in [5.41, 5.74) is -0.404. The van der Waals surface area contributed by atoms with Gasteiger partial charge in [0.2, 0.25) is 0 Å². The number of nitrogens with one attached hydrogen (secondary N) is 1. The van der Waals surface area contributed by atoms with Crippen LogP contribution in [0.5, 0.6) is 0 Å². The SMILES string of the molecule is C/C=C\[C@@H]1C[C@H](C#N)N(C(=O)OC(C)(C)C)[C@H]1[C@@H](N[S@](=O)c1ccc(C)cc1)[C@](C)(CCC)OC. The summed E-state index contributed by atoms with van der Waals surface area (Å²) in [6.07, 6.45) is 5.36. The van der Waals surface area contributed by atoms with E-state index in [4.69, 9.17) is 9.47 Å². The highest BCUT2D eigenvalue weighted by Gasteiger charge is 2.53. The van der Waals surface area contributed by atoms with Gasteiger partial charge in [-0.05, 0) is 66.5 Å². The zero-order valence-corrected chi connectivity index (χ0v) is 23.1. The van der Waals surface area contributed by atoms with E-state index < -0.39 is 46.4 Å². The molecule has 8 heteroatoms. The summed E-state index contributed by atoms with van der Waals surface area (Å²) in [5.74, 6) is -0.143. The van der Waals surface area contributed by atoms with E-state index in [0.717, 1.165) is 12.0 Å². The number of carbonyl (C=O) groups is 1. The van der Waals surface area contributed by atoms with Crippen molar-refractivity contribution in [2.24, 2.45) is 5.92 Å². The first-order valence-electron chi connectivity index (χ1n) is 12.2. The van der Waals surface area contributed by atoms with Gasteiger partial charge in [-0.3, -0.25) is 4.90 Å². The van der Waals surface area contributed by atoms with Crippen molar-refractivity contribution in [1.29, 1.82) is 5.26 Å². The van der Waals surface area contributed by atoms with Crippen molar-refractivity contribution in [2.75, 3.05) is 7.11 Å². The molecule has 0 aliphatic carbocycles. The van der Waals surface area contributed by atoms with Crippen LogP contribution in [-0.2, 0) is 20.5 Å². The molecule has 1 aromatic carbocycles. The molecule has 1 amide bonds. The van der Waals surface area contributed by atoms with E-state index >= 15 is 0 Å². The number of allylic oxidation sites excluding steroid dienone is 1. The average Bonchev–Trinajstić information content (AvgIpc) is 3.15. The molecule has 7 nitrogen and oxygen atoms in total. The van der Waals surface area contributed by atoms with Crippen LogP contribution in [0.25, 0.3) is 0 Å². The lowest BCUT2D eigenvalue weighted by Gasteiger charge is -2.44. The van der Waals surface area contributed by atoms with Crippen LogP contribution >= 0.6 is 0 Å². The predicted octanol–water partition coefficient (Wildman–Crippen LogP) is 5.27. The largest absolute Gasteiger partial charge is 0.444 e. The topological polar surface area (TPSA) is 91.7 Å². The molecule has 0 unspecified atom stereocenters. The first kappa shape index (κ1) is 29.0. The second-order valence-corrected chi connectivity index (χ2v) is 11.6. The van der Waals surface area contributed by atoms with Crippen LogP contribution in [0.3, 0.4) is 0 Å². The van der Waals surface area contributed by atoms with Crippen molar-refractivity contribution in [3.63, 3.8) is 0 Å². The van der Waals surface area contributed by atoms with Gasteiger partial charge in [-0.2, -0.15) is 5.26 Å². The Balaban J connectivity index is 2.62. The summed E-state index contributed by atoms with van der Waals surface area (Å²) in [5, 5.41) is 9.98. The molecule has 2 rings (SSSR count). The Bertz CT molecular complexity index is 951. The molecule has 1 fully saturated rings. The molecular formula is C27H41N3O4S. The molecule has 1 aromatic rings. The molecule has 1 aliphatic rings. The number of hydrogen-bond donors (Lipinski definition) is 1. The molecule has 0 spiro atoms. The maximum absolute atomic E-state index is 13.5. The van der Waals surface area contributed by atoms with E-state index in [1.165, 1.54) is 4.90 Å². The maximum Gasteiger partial charge on any atom is 0.411 e. The molecule has 0 aromatic heterocycles. The first-order chi connectivity index (χ1) is 16.4. The van der Waals surface area contributed by atoms with Gasteiger partial charge >= 0.3 is 6.09 Å². The fourth-order valence-corrected chi connectivity index (χ4v) is 5.87. The molecule has 1 aliphatic heterocycles. The monoisotopic (exact) mass is 503 g/mol. The maximum atomic E-state index is 13.5. The van der Waals surface area contributed by atoms with Gasteiger partial charge in [0.25, 0.3) is 0 Å². The van der Waals surface area contributed by atoms with Crippen molar-refractivity contribution in [2.45, 2.75) is 102 Å². The van der Waals surface area contributed by atoms with E-state index in [0.29, 0.717) is 17.7 Å². The molecule has 35 heavy (non-hydrogen) atoms. The number of amides is 1. The standard InChI is InChI=1S/C27H41N3O4S/c1-9-11-20-17-21(18-28)30(25(31)34-26(4,5)6)23(20)24(27(7,33-8)16-10-2)29-35(32)22-14-12-19(3)13-15-22/h9,11-15,20-21,23-24,29H,10,16-17H2,1-8H3/b11-9-/t20-,21-,23-,24-,27+,35-/m1/s1. The normalized spacial score (nSPS) is 24.1. The smallest absolute Gasteiger partial charge is 0.411 e. The molecule has 1 saturated heterocycles. The number of likely N-dealkylation sites (tertiary alicyclic amines) is 1. The summed E-state index contributed by atoms with van der Waals surface area (Å²) in [6.45, 7) is 13.3. The lowest BCUT2D eigenvalue weighted by atomic mass is 9.81. The van der Waals surface area contributed by atoms with E-state index in [2.05, 4.69) is 17.7 Å². The first-order valence-corrected chi connectivity index (χ1v) is 13.4. The van der Waals surface area contributed by atoms with Crippen molar-refractivity contribution in [1.82, 2.24) is 9.62 Å². The third-order valence-electron chi connectivity index (χ3n) is 6.47. The number of carbonyl (C=O) groups excluding carboxylic acids is 1. The highest BCUT2D eigenvalue weighted by atomic mass is 32.2. The summed E-state index contributed by atoms with van der Waals surface area (Å²) < 4.78 is 28.6. The van der Waals surface area contributed by atoms with E-state index in [9.17, 15) is 14.3 Å². The minimum atomic E-state index is -1.56. The fraction of sp³-hybridized carbons (Fsp3) is 0.630. The average molecular weight is 504 g/mol. The van der Waals surface area contributed by atoms with Gasteiger partial charge in [0.1, 0.15) is 22.6 Å². The van der Waals surface area contributed by atoms with Crippen LogP contribution in [0.4, 0.5) is 4.79 Å². The second kappa shape index (κ2) is 12.2. The molecule has 6 atom stereocenters. The Morgan fingerprint density at radius 1 is 1.31 bits per heavy atom. The van der Waals surface area contributed by atoms with Crippen molar-refractivity contribution in [3.05, 3.63) is 42.0 Å². The molecular weight excluding hydrogens is 462 g/mol. The highest BCUT2D eigenvalue weighted by molar-refractivity contribution is 7.83. The lowest BCUT2D eigenvalue weighted by molar-refractivity contribution is -0.0540. The van der Waals surface area contributed by atoms with Crippen LogP contribution < -0.4 is 4.72 Å². The molecule has 0 saturated carbocycles. The van der Waals surface area contributed by atoms with Crippen molar-refractivity contribution >= 4 is 17.1 Å². The van der Waals surface area contributed by atoms with E-state index in [1.54, 1.807) is 27.9 Å². The van der Waals surface area contributed by atoms with Gasteiger partial charge in [0.15, 0.2) is 0 Å². The predicted molar refractivity (Wildman–Crippen MR) is 139 cm³/mol. The van der Waals surface area contributed by atoms with E-state index in [-0.39, 0.29) is 5.92 Å². The Kier molecular flexibility index (Phi) is 10.1. The number of hydrogen-bond acceptors (Lipinski definition) is 5. The number of rotatable bonds is 9. The van der Waals surface area contributed by atoms with Crippen molar-refractivity contribution in [3.8, 4) is 6.07 Å². The number of aryl methyl sites for hydroxylation is 1. The molecule has 1 heterocycles. The van der Waals surface area contributed by atoms with Gasteiger partial charge in [-0.15, -0.1) is 0 Å². The van der Waals surface area contributed by atoms with Gasteiger partial charge in [0.05, 0.1) is 28.6 Å². The quantitative estimate of drug-likeness (QED) is 0.463. The molecule has 194 valence electrons. The third kappa shape index (κ3) is 7.16. The van der Waals surface area contributed by atoms with Gasteiger partial charge in [-0.25, -0.2) is 13.7 Å². The Labute approximate surface area is 213 Å². The fourth-order valence-electron chi connectivity index (χ4n) is 4.73. The molecule has 1 N–H and O–H groups in total. The zero-order valence-electron chi connectivity index (χ0n) is 22.3. The highest BCUT2D eigenvalue weighted by Crippen LogP contribution is 2.39. The van der Waals surface area contributed by atoms with Gasteiger partial charge in [0, 0.05) is 13.0 Å². The van der Waals surface area contributed by atoms with Crippen LogP contribution in [0, 0.1) is 24.2 Å². The van der Waals surface area contributed by atoms with Gasteiger partial charge < -0.3 is 9.47 Å². The van der Waals surface area contributed by atoms with Gasteiger partial charge in [-0.1, -0.05) is 43.2 Å². The minimum absolute atomic E-state index is 0.143. The van der Waals surface area contributed by atoms with Crippen LogP contribution in [0.15, 0.2) is 41.3 Å². The molecule has 0 radical (unpaired) electrons. The zero-order chi connectivity index (χ0) is 26.4. The molecule has 0 bridgehead atoms. The number of nitriles is 1. The number of nitrogens with zero attached hydrogens (tertiary/aromatic N) is 2. The van der Waals surface area contributed by atoms with E-state index in [1.807, 2.05) is 57.2 Å². The number of ether oxygens (including phenoxy) is 2. The minimum Gasteiger partial charge on any atom is -0.444 e. The number of methoxy groups -OCH3 is 1. The van der Waals surface area contributed by atoms with Crippen LogP contribution in [-0.4, -0.2) is 51.6 Å². The Hall–Kier alpha value is -2.21. The summed E-state index contributed by atoms with van der Waals surface area (Å²) >= 11 is 0. The lowest BCUT2D eigenvalue weighted by Crippen LogP contribution is -2.63. The third-order valence-corrected chi connectivity index (χ3v) is 7.63. The summed E-state index contributed by atoms with van der Waals surface area (Å²) in [6, 6.07) is 8.09. The second-order valence-electron chi connectivity index (χ2n) is 10.4. The summed E-state index contributed by atoms with van der Waals surface area (Å²) in [4.78, 5) is 15.6. The Morgan fingerprint density at radius 3 is 2.43 bits per heavy atom. The van der Waals surface area contributed by atoms with Crippen LogP contribution in [0.2, 0.25) is 0 Å². The Morgan fingerprint density at radius 2 is 1.94 bits per heavy atom. The summed E-state index contributed by atoms with van der Waals surface area (Å²) in [7, 11) is 0.0728.